The molecular formula is C14H30N2O2S. The summed E-state index contributed by atoms with van der Waals surface area (Å²) >= 11 is 3.53. The van der Waals surface area contributed by atoms with Crippen LogP contribution < -0.4 is 5.32 Å². The van der Waals surface area contributed by atoms with Crippen LogP contribution in [0.1, 0.15) is 20.8 Å². The molecule has 5 heteroatoms. The van der Waals surface area contributed by atoms with Crippen LogP contribution in [0, 0.1) is 0 Å². The van der Waals surface area contributed by atoms with Crippen LogP contribution in [0.2, 0.25) is 0 Å². The van der Waals surface area contributed by atoms with Gasteiger partial charge < -0.3 is 15.3 Å². The summed E-state index contributed by atoms with van der Waals surface area (Å²) in [7, 11) is 2.05. The average molecular weight is 290 g/mol. The largest absolute Gasteiger partial charge is 0.392 e. The summed E-state index contributed by atoms with van der Waals surface area (Å²) in [5, 5.41) is 10.5. The number of nitrogens with one attached hydrogen (secondary N) is 1. The molecule has 1 aliphatic rings. The van der Waals surface area contributed by atoms with Crippen molar-refractivity contribution < 1.29 is 9.90 Å². The van der Waals surface area contributed by atoms with E-state index in [4.69, 9.17) is 5.11 Å². The molecule has 1 heterocycles. The molecule has 0 aromatic carbocycles. The Balaban J connectivity index is -0.000000271. The maximum absolute atomic E-state index is 10.1. The summed E-state index contributed by atoms with van der Waals surface area (Å²) in [6, 6.07) is 0.200. The number of aliphatic hydroxyl groups excluding tert-OH is 1. The Labute approximate surface area is 124 Å². The van der Waals surface area contributed by atoms with Gasteiger partial charge in [-0.3, -0.25) is 4.79 Å². The van der Waals surface area contributed by atoms with Crippen molar-refractivity contribution in [1.29, 1.82) is 0 Å². The van der Waals surface area contributed by atoms with Gasteiger partial charge in [0, 0.05) is 13.1 Å². The highest BCUT2D eigenvalue weighted by Crippen LogP contribution is 2.06. The maximum atomic E-state index is 10.1. The molecular weight excluding hydrogens is 260 g/mol. The first kappa shape index (κ1) is 23.3. The molecule has 1 atom stereocenters. The van der Waals surface area contributed by atoms with Gasteiger partial charge >= 0.3 is 0 Å². The number of nitrogens with zero attached hydrogens (tertiary/aromatic N) is 1. The maximum Gasteiger partial charge on any atom is 0.207 e. The SMILES string of the molecule is C=CCO.CC.CC1=CC(NC=O)CN(C)C1.CS. The minimum atomic E-state index is 0.0833. The Morgan fingerprint density at radius 3 is 2.37 bits per heavy atom. The third-order valence-electron chi connectivity index (χ3n) is 1.92. The average Bonchev–Trinajstić information content (AvgIpc) is 2.43. The van der Waals surface area contributed by atoms with Gasteiger partial charge in [0.15, 0.2) is 0 Å². The molecule has 2 N–H and O–H groups in total. The molecule has 114 valence electrons. The van der Waals surface area contributed by atoms with Gasteiger partial charge in [0.2, 0.25) is 6.41 Å². The van der Waals surface area contributed by atoms with E-state index in [1.165, 1.54) is 11.6 Å². The molecule has 0 aliphatic carbocycles. The summed E-state index contributed by atoms with van der Waals surface area (Å²) < 4.78 is 0. The monoisotopic (exact) mass is 290 g/mol. The topological polar surface area (TPSA) is 52.6 Å². The summed E-state index contributed by atoms with van der Waals surface area (Å²) in [4.78, 5) is 12.3. The molecule has 0 fully saturated rings. The van der Waals surface area contributed by atoms with Crippen LogP contribution in [0.25, 0.3) is 0 Å². The minimum absolute atomic E-state index is 0.0833. The second-order valence-electron chi connectivity index (χ2n) is 3.57. The smallest absolute Gasteiger partial charge is 0.207 e. The standard InChI is InChI=1S/C8H14N2O.C3H6O.C2H6.CH4S/c1-7-3-8(9-6-11)5-10(2)4-7;1-2-3-4;2*1-2/h3,6,8H,4-5H2,1-2H3,(H,9,11);2,4H,1,3H2;1-2H3;2H,1H3. The van der Waals surface area contributed by atoms with E-state index in [9.17, 15) is 4.79 Å². The third-order valence-corrected chi connectivity index (χ3v) is 1.92. The van der Waals surface area contributed by atoms with Crippen LogP contribution in [-0.2, 0) is 4.79 Å². The molecule has 19 heavy (non-hydrogen) atoms. The van der Waals surface area contributed by atoms with Crippen LogP contribution in [0.5, 0.6) is 0 Å². The highest BCUT2D eigenvalue weighted by Gasteiger charge is 2.13. The summed E-state index contributed by atoms with van der Waals surface area (Å²) in [5.41, 5.74) is 1.32. The van der Waals surface area contributed by atoms with Gasteiger partial charge in [-0.1, -0.05) is 31.6 Å². The molecule has 0 spiro atoms. The van der Waals surface area contributed by atoms with Crippen molar-refractivity contribution in [2.24, 2.45) is 0 Å². The third kappa shape index (κ3) is 17.2. The fourth-order valence-electron chi connectivity index (χ4n) is 1.46. The summed E-state index contributed by atoms with van der Waals surface area (Å²) in [6.45, 7) is 11.3. The number of aliphatic hydroxyl groups is 1. The van der Waals surface area contributed by atoms with Crippen LogP contribution in [0.15, 0.2) is 24.3 Å². The van der Waals surface area contributed by atoms with Gasteiger partial charge in [-0.15, -0.1) is 6.58 Å². The van der Waals surface area contributed by atoms with E-state index >= 15 is 0 Å². The van der Waals surface area contributed by atoms with Gasteiger partial charge in [0.05, 0.1) is 12.6 Å². The van der Waals surface area contributed by atoms with Gasteiger partial charge in [-0.25, -0.2) is 0 Å². The van der Waals surface area contributed by atoms with Crippen molar-refractivity contribution in [1.82, 2.24) is 10.2 Å². The van der Waals surface area contributed by atoms with Crippen LogP contribution in [-0.4, -0.2) is 55.5 Å². The zero-order chi connectivity index (χ0) is 15.7. The molecule has 1 amide bonds. The number of hydrogen-bond donors (Lipinski definition) is 3. The number of likely N-dealkylation sites (N-methyl/N-ethyl adjacent to an activating group) is 1. The van der Waals surface area contributed by atoms with Crippen molar-refractivity contribution in [3.63, 3.8) is 0 Å². The van der Waals surface area contributed by atoms with Crippen molar-refractivity contribution in [2.75, 3.05) is 33.0 Å². The molecule has 0 radical (unpaired) electrons. The first-order chi connectivity index (χ1) is 9.13. The lowest BCUT2D eigenvalue weighted by atomic mass is 10.1. The Morgan fingerprint density at radius 2 is 2.05 bits per heavy atom. The van der Waals surface area contributed by atoms with Crippen LogP contribution in [0.4, 0.5) is 0 Å². The molecule has 0 saturated carbocycles. The second kappa shape index (κ2) is 19.6. The first-order valence-corrected chi connectivity index (χ1v) is 7.25. The van der Waals surface area contributed by atoms with Crippen molar-refractivity contribution in [2.45, 2.75) is 26.8 Å². The Bertz CT molecular complexity index is 233. The highest BCUT2D eigenvalue weighted by atomic mass is 32.1. The van der Waals surface area contributed by atoms with Crippen LogP contribution >= 0.6 is 12.6 Å². The predicted octanol–water partition coefficient (Wildman–Crippen LogP) is 1.73. The molecule has 0 aromatic heterocycles. The molecule has 4 nitrogen and oxygen atoms in total. The molecule has 0 aromatic rings. The van der Waals surface area contributed by atoms with E-state index < -0.39 is 0 Å². The fourth-order valence-corrected chi connectivity index (χ4v) is 1.46. The van der Waals surface area contributed by atoms with Crippen LogP contribution in [0.3, 0.4) is 0 Å². The quantitative estimate of drug-likeness (QED) is 0.421. The summed E-state index contributed by atoms with van der Waals surface area (Å²) in [5.74, 6) is 0. The van der Waals surface area contributed by atoms with E-state index in [1.807, 2.05) is 13.8 Å². The van der Waals surface area contributed by atoms with E-state index in [1.54, 1.807) is 6.26 Å². The normalized spacial score (nSPS) is 17.0. The van der Waals surface area contributed by atoms with E-state index in [0.717, 1.165) is 19.5 Å². The molecule has 0 bridgehead atoms. The number of rotatable bonds is 3. The minimum Gasteiger partial charge on any atom is -0.392 e. The molecule has 1 aliphatic heterocycles. The Morgan fingerprint density at radius 1 is 1.58 bits per heavy atom. The van der Waals surface area contributed by atoms with E-state index in [-0.39, 0.29) is 12.6 Å². The number of carbonyl (C=O) groups excluding carboxylic acids is 1. The van der Waals surface area contributed by atoms with E-state index in [2.05, 4.69) is 49.5 Å². The number of amides is 1. The zero-order valence-corrected chi connectivity index (χ0v) is 13.8. The lowest BCUT2D eigenvalue weighted by Crippen LogP contribution is -2.41. The zero-order valence-electron chi connectivity index (χ0n) is 12.9. The lowest BCUT2D eigenvalue weighted by molar-refractivity contribution is -0.110. The van der Waals surface area contributed by atoms with Gasteiger partial charge in [-0.05, 0) is 20.2 Å². The number of carbonyl (C=O) groups is 1. The number of thiol groups is 1. The number of hydrogen-bond acceptors (Lipinski definition) is 4. The summed E-state index contributed by atoms with van der Waals surface area (Å²) in [6.07, 6.45) is 5.99. The van der Waals surface area contributed by atoms with Crippen molar-refractivity contribution >= 4 is 19.0 Å². The Kier molecular flexibility index (Phi) is 24.0. The van der Waals surface area contributed by atoms with E-state index in [0.29, 0.717) is 0 Å². The fraction of sp³-hybridized carbons (Fsp3) is 0.643. The second-order valence-corrected chi connectivity index (χ2v) is 3.57. The lowest BCUT2D eigenvalue weighted by Gasteiger charge is -2.27. The Hall–Kier alpha value is -0.780. The van der Waals surface area contributed by atoms with Gasteiger partial charge in [0.25, 0.3) is 0 Å². The predicted molar refractivity (Wildman–Crippen MR) is 87.8 cm³/mol. The van der Waals surface area contributed by atoms with Gasteiger partial charge in [-0.2, -0.15) is 12.6 Å². The molecule has 1 unspecified atom stereocenters. The van der Waals surface area contributed by atoms with Crippen molar-refractivity contribution in [3.05, 3.63) is 24.3 Å². The molecule has 1 rings (SSSR count). The van der Waals surface area contributed by atoms with Crippen molar-refractivity contribution in [3.8, 4) is 0 Å². The highest BCUT2D eigenvalue weighted by molar-refractivity contribution is 7.79. The first-order valence-electron chi connectivity index (χ1n) is 6.36. The molecule has 0 saturated heterocycles. The van der Waals surface area contributed by atoms with Gasteiger partial charge in [0.1, 0.15) is 0 Å².